The molecule has 2 atom stereocenters. The number of aliphatic hydroxyl groups is 1. The summed E-state index contributed by atoms with van der Waals surface area (Å²) in [5.74, 6) is 0.0745. The molecule has 0 spiro atoms. The first kappa shape index (κ1) is 18.2. The number of hydrogen-bond donors (Lipinski definition) is 2. The summed E-state index contributed by atoms with van der Waals surface area (Å²) >= 11 is 0. The molecule has 24 heavy (non-hydrogen) atoms. The summed E-state index contributed by atoms with van der Waals surface area (Å²) in [5.41, 5.74) is 2.01. The van der Waals surface area contributed by atoms with Crippen LogP contribution in [0.3, 0.4) is 0 Å². The maximum absolute atomic E-state index is 12.2. The van der Waals surface area contributed by atoms with Crippen LogP contribution in [0.15, 0.2) is 36.7 Å². The number of aromatic nitrogens is 2. The number of benzene rings is 1. The summed E-state index contributed by atoms with van der Waals surface area (Å²) in [6, 6.07) is 8.39. The second kappa shape index (κ2) is 7.62. The van der Waals surface area contributed by atoms with Gasteiger partial charge in [0.2, 0.25) is 5.91 Å². The van der Waals surface area contributed by atoms with Crippen LogP contribution >= 0.6 is 0 Å². The molecular formula is C19H27N3O2. The normalized spacial score (nSPS) is 14.9. The van der Waals surface area contributed by atoms with Crippen molar-refractivity contribution in [2.75, 3.05) is 6.54 Å². The van der Waals surface area contributed by atoms with Gasteiger partial charge in [0.05, 0.1) is 12.7 Å². The van der Waals surface area contributed by atoms with Crippen molar-refractivity contribution in [3.8, 4) is 0 Å². The molecule has 0 aliphatic carbocycles. The van der Waals surface area contributed by atoms with Crippen molar-refractivity contribution >= 4 is 5.91 Å². The summed E-state index contributed by atoms with van der Waals surface area (Å²) in [5, 5.41) is 17.4. The third-order valence-electron chi connectivity index (χ3n) is 4.41. The highest BCUT2D eigenvalue weighted by atomic mass is 16.3. The van der Waals surface area contributed by atoms with Crippen molar-refractivity contribution in [2.45, 2.75) is 45.1 Å². The number of carbonyl (C=O) groups excluding carboxylic acids is 1. The Hall–Kier alpha value is -2.14. The Labute approximate surface area is 143 Å². The lowest BCUT2D eigenvalue weighted by atomic mass is 9.95. The Kier molecular flexibility index (Phi) is 5.78. The molecule has 0 saturated carbocycles. The van der Waals surface area contributed by atoms with E-state index in [0.717, 1.165) is 12.0 Å². The Morgan fingerprint density at radius 1 is 1.38 bits per heavy atom. The molecule has 5 heteroatoms. The highest BCUT2D eigenvalue weighted by Gasteiger charge is 2.25. The molecule has 5 nitrogen and oxygen atoms in total. The third kappa shape index (κ3) is 4.68. The van der Waals surface area contributed by atoms with Gasteiger partial charge in [-0.3, -0.25) is 9.48 Å². The van der Waals surface area contributed by atoms with Crippen molar-refractivity contribution in [1.82, 2.24) is 15.1 Å². The monoisotopic (exact) mass is 329 g/mol. The van der Waals surface area contributed by atoms with Gasteiger partial charge in [-0.2, -0.15) is 5.10 Å². The predicted octanol–water partition coefficient (Wildman–Crippen LogP) is 2.50. The summed E-state index contributed by atoms with van der Waals surface area (Å²) in [6.45, 7) is 6.01. The van der Waals surface area contributed by atoms with E-state index < -0.39 is 5.60 Å². The van der Waals surface area contributed by atoms with Gasteiger partial charge in [-0.1, -0.05) is 38.1 Å². The smallest absolute Gasteiger partial charge is 0.220 e. The number of aryl methyl sites for hydroxylation is 2. The van der Waals surface area contributed by atoms with Crippen molar-refractivity contribution in [1.29, 1.82) is 0 Å². The van der Waals surface area contributed by atoms with E-state index in [0.29, 0.717) is 12.0 Å². The van der Waals surface area contributed by atoms with Gasteiger partial charge in [0.1, 0.15) is 5.60 Å². The maximum atomic E-state index is 12.2. The summed E-state index contributed by atoms with van der Waals surface area (Å²) in [6.07, 6.45) is 4.78. The lowest BCUT2D eigenvalue weighted by Gasteiger charge is -2.23. The molecule has 1 aromatic heterocycles. The molecule has 130 valence electrons. The molecule has 1 aromatic carbocycles. The molecule has 0 fully saturated rings. The van der Waals surface area contributed by atoms with Crippen LogP contribution in [-0.2, 0) is 23.9 Å². The molecule has 0 bridgehead atoms. The largest absolute Gasteiger partial charge is 0.383 e. The van der Waals surface area contributed by atoms with Crippen molar-refractivity contribution in [3.63, 3.8) is 0 Å². The number of carbonyl (C=O) groups is 1. The van der Waals surface area contributed by atoms with E-state index in [1.807, 2.05) is 6.92 Å². The quantitative estimate of drug-likeness (QED) is 0.820. The Bertz CT molecular complexity index is 674. The zero-order valence-electron chi connectivity index (χ0n) is 14.9. The Morgan fingerprint density at radius 3 is 2.58 bits per heavy atom. The minimum absolute atomic E-state index is 0.0637. The molecule has 2 aromatic rings. The summed E-state index contributed by atoms with van der Waals surface area (Å²) in [7, 11) is 1.80. The molecule has 0 aliphatic heterocycles. The standard InChI is InChI=1S/C19H27N3O2/c1-5-15-6-8-16(9-7-15)14(2)10-18(23)20-13-19(3,24)17-11-21-22(4)12-17/h6-9,11-12,14,24H,5,10,13H2,1-4H3,(H,20,23). The van der Waals surface area contributed by atoms with E-state index >= 15 is 0 Å². The maximum Gasteiger partial charge on any atom is 0.220 e. The number of rotatable bonds is 7. The van der Waals surface area contributed by atoms with E-state index in [9.17, 15) is 9.90 Å². The Morgan fingerprint density at radius 2 is 2.04 bits per heavy atom. The number of nitrogens with zero attached hydrogens (tertiary/aromatic N) is 2. The fourth-order valence-corrected chi connectivity index (χ4v) is 2.62. The van der Waals surface area contributed by atoms with Crippen LogP contribution < -0.4 is 5.32 Å². The molecule has 2 N–H and O–H groups in total. The molecule has 0 saturated heterocycles. The van der Waals surface area contributed by atoms with Crippen LogP contribution in [-0.4, -0.2) is 27.3 Å². The van der Waals surface area contributed by atoms with Gasteiger partial charge in [0.25, 0.3) is 0 Å². The lowest BCUT2D eigenvalue weighted by molar-refractivity contribution is -0.122. The summed E-state index contributed by atoms with van der Waals surface area (Å²) < 4.78 is 1.63. The van der Waals surface area contributed by atoms with Gasteiger partial charge < -0.3 is 10.4 Å². The predicted molar refractivity (Wildman–Crippen MR) is 94.6 cm³/mol. The van der Waals surface area contributed by atoms with E-state index in [4.69, 9.17) is 0 Å². The molecule has 2 unspecified atom stereocenters. The van der Waals surface area contributed by atoms with Crippen LogP contribution in [0, 0.1) is 0 Å². The Balaban J connectivity index is 1.88. The first-order valence-corrected chi connectivity index (χ1v) is 8.39. The first-order chi connectivity index (χ1) is 11.3. The molecule has 0 aliphatic rings. The van der Waals surface area contributed by atoms with E-state index in [-0.39, 0.29) is 18.4 Å². The number of hydrogen-bond acceptors (Lipinski definition) is 3. The molecule has 1 amide bonds. The average molecular weight is 329 g/mol. The zero-order valence-corrected chi connectivity index (χ0v) is 14.9. The highest BCUT2D eigenvalue weighted by Crippen LogP contribution is 2.21. The summed E-state index contributed by atoms with van der Waals surface area (Å²) in [4.78, 5) is 12.2. The molecular weight excluding hydrogens is 302 g/mol. The fraction of sp³-hybridized carbons (Fsp3) is 0.474. The zero-order chi connectivity index (χ0) is 17.7. The van der Waals surface area contributed by atoms with Gasteiger partial charge in [-0.05, 0) is 30.4 Å². The van der Waals surface area contributed by atoms with Crippen molar-refractivity contribution in [3.05, 3.63) is 53.3 Å². The van der Waals surface area contributed by atoms with Gasteiger partial charge >= 0.3 is 0 Å². The van der Waals surface area contributed by atoms with Crippen LogP contribution in [0.5, 0.6) is 0 Å². The van der Waals surface area contributed by atoms with Gasteiger partial charge in [-0.15, -0.1) is 0 Å². The highest BCUT2D eigenvalue weighted by molar-refractivity contribution is 5.76. The first-order valence-electron chi connectivity index (χ1n) is 8.39. The van der Waals surface area contributed by atoms with E-state index in [1.165, 1.54) is 5.56 Å². The van der Waals surface area contributed by atoms with Crippen LogP contribution in [0.4, 0.5) is 0 Å². The number of amides is 1. The fourth-order valence-electron chi connectivity index (χ4n) is 2.62. The topological polar surface area (TPSA) is 67.2 Å². The van der Waals surface area contributed by atoms with Gasteiger partial charge in [0.15, 0.2) is 0 Å². The average Bonchev–Trinajstić information content (AvgIpc) is 3.00. The SMILES string of the molecule is CCc1ccc(C(C)CC(=O)NCC(C)(O)c2cnn(C)c2)cc1. The molecule has 0 radical (unpaired) electrons. The van der Waals surface area contributed by atoms with Gasteiger partial charge in [0, 0.05) is 25.2 Å². The lowest BCUT2D eigenvalue weighted by Crippen LogP contribution is -2.38. The molecule has 2 rings (SSSR count). The van der Waals surface area contributed by atoms with Crippen molar-refractivity contribution < 1.29 is 9.90 Å². The second-order valence-electron chi connectivity index (χ2n) is 6.65. The van der Waals surface area contributed by atoms with Crippen LogP contribution in [0.2, 0.25) is 0 Å². The molecule has 1 heterocycles. The van der Waals surface area contributed by atoms with E-state index in [2.05, 4.69) is 41.6 Å². The minimum atomic E-state index is -1.13. The second-order valence-corrected chi connectivity index (χ2v) is 6.65. The minimum Gasteiger partial charge on any atom is -0.383 e. The third-order valence-corrected chi connectivity index (χ3v) is 4.41. The van der Waals surface area contributed by atoms with Crippen molar-refractivity contribution in [2.24, 2.45) is 7.05 Å². The van der Waals surface area contributed by atoms with Gasteiger partial charge in [-0.25, -0.2) is 0 Å². The number of nitrogens with one attached hydrogen (secondary N) is 1. The van der Waals surface area contributed by atoms with Crippen LogP contribution in [0.25, 0.3) is 0 Å². The van der Waals surface area contributed by atoms with E-state index in [1.54, 1.807) is 31.0 Å². The van der Waals surface area contributed by atoms with Crippen LogP contribution in [0.1, 0.15) is 49.8 Å².